The van der Waals surface area contributed by atoms with Gasteiger partial charge in [0.05, 0.1) is 27.9 Å². The van der Waals surface area contributed by atoms with Crippen LogP contribution in [0.1, 0.15) is 10.6 Å². The van der Waals surface area contributed by atoms with Crippen LogP contribution in [-0.2, 0) is 17.8 Å². The van der Waals surface area contributed by atoms with E-state index in [-0.39, 0.29) is 5.91 Å². The number of halogens is 1. The van der Waals surface area contributed by atoms with Crippen LogP contribution in [0.4, 0.5) is 0 Å². The Morgan fingerprint density at radius 1 is 1.29 bits per heavy atom. The molecule has 3 aromatic heterocycles. The molecule has 1 amide bonds. The topological polar surface area (TPSA) is 42.0 Å². The molecule has 21 heavy (non-hydrogen) atoms. The van der Waals surface area contributed by atoms with Crippen molar-refractivity contribution in [2.45, 2.75) is 13.0 Å². The molecule has 108 valence electrons. The summed E-state index contributed by atoms with van der Waals surface area (Å²) < 4.78 is 0.735. The van der Waals surface area contributed by atoms with Crippen LogP contribution in [0.5, 0.6) is 0 Å². The zero-order chi connectivity index (χ0) is 14.7. The first kappa shape index (κ1) is 14.7. The van der Waals surface area contributed by atoms with E-state index in [2.05, 4.69) is 10.3 Å². The summed E-state index contributed by atoms with van der Waals surface area (Å²) in [5.41, 5.74) is 0.810. The number of hydrogen-bond acceptors (Lipinski definition) is 5. The third-order valence-corrected chi connectivity index (χ3v) is 5.88. The van der Waals surface area contributed by atoms with Crippen LogP contribution >= 0.6 is 45.6 Å². The number of nitrogens with zero attached hydrogens (tertiary/aromatic N) is 1. The van der Waals surface area contributed by atoms with E-state index < -0.39 is 0 Å². The maximum absolute atomic E-state index is 11.9. The minimum atomic E-state index is -0.0254. The van der Waals surface area contributed by atoms with Crippen LogP contribution in [0.3, 0.4) is 0 Å². The van der Waals surface area contributed by atoms with Gasteiger partial charge in [-0.25, -0.2) is 4.98 Å². The predicted molar refractivity (Wildman–Crippen MR) is 90.3 cm³/mol. The van der Waals surface area contributed by atoms with Crippen molar-refractivity contribution in [2.24, 2.45) is 0 Å². The fourth-order valence-corrected chi connectivity index (χ4v) is 4.42. The molecule has 0 atom stereocenters. The number of aromatic nitrogens is 1. The van der Waals surface area contributed by atoms with Gasteiger partial charge in [0.2, 0.25) is 5.91 Å². The molecule has 1 N–H and O–H groups in total. The number of carbonyl (C=O) groups excluding carboxylic acids is 1. The molecule has 0 radical (unpaired) electrons. The van der Waals surface area contributed by atoms with Gasteiger partial charge < -0.3 is 5.32 Å². The highest BCUT2D eigenvalue weighted by Gasteiger charge is 2.10. The van der Waals surface area contributed by atoms with Crippen LogP contribution < -0.4 is 5.32 Å². The molecule has 0 aliphatic carbocycles. The summed E-state index contributed by atoms with van der Waals surface area (Å²) in [5.74, 6) is -0.0254. The quantitative estimate of drug-likeness (QED) is 0.735. The van der Waals surface area contributed by atoms with Crippen LogP contribution in [-0.4, -0.2) is 10.9 Å². The van der Waals surface area contributed by atoms with E-state index in [1.54, 1.807) is 22.7 Å². The zero-order valence-corrected chi connectivity index (χ0v) is 14.0. The molecular weight excluding hydrogens is 344 g/mol. The van der Waals surface area contributed by atoms with E-state index >= 15 is 0 Å². The lowest BCUT2D eigenvalue weighted by Gasteiger charge is -2.01. The molecule has 0 aliphatic rings. The molecular formula is C14H11ClN2OS3. The summed E-state index contributed by atoms with van der Waals surface area (Å²) in [6.07, 6.45) is 0.307. The summed E-state index contributed by atoms with van der Waals surface area (Å²) in [6.45, 7) is 0.512. The van der Waals surface area contributed by atoms with Crippen LogP contribution in [0.2, 0.25) is 4.34 Å². The van der Waals surface area contributed by atoms with Gasteiger partial charge >= 0.3 is 0 Å². The second-order valence-electron chi connectivity index (χ2n) is 4.28. The van der Waals surface area contributed by atoms with Crippen molar-refractivity contribution in [2.75, 3.05) is 0 Å². The maximum Gasteiger partial charge on any atom is 0.226 e. The lowest BCUT2D eigenvalue weighted by molar-refractivity contribution is -0.120. The normalized spacial score (nSPS) is 10.7. The van der Waals surface area contributed by atoms with Gasteiger partial charge in [0.1, 0.15) is 5.01 Å². The fraction of sp³-hybridized carbons (Fsp3) is 0.143. The van der Waals surface area contributed by atoms with Gasteiger partial charge in [-0.05, 0) is 23.6 Å². The minimum absolute atomic E-state index is 0.0254. The molecule has 3 rings (SSSR count). The van der Waals surface area contributed by atoms with Crippen LogP contribution in [0.15, 0.2) is 35.0 Å². The summed E-state index contributed by atoms with van der Waals surface area (Å²) in [6, 6.07) is 7.79. The average molecular weight is 355 g/mol. The van der Waals surface area contributed by atoms with Gasteiger partial charge in [-0.1, -0.05) is 17.7 Å². The van der Waals surface area contributed by atoms with Gasteiger partial charge in [0.15, 0.2) is 0 Å². The molecule has 0 unspecified atom stereocenters. The Hall–Kier alpha value is -1.21. The van der Waals surface area contributed by atoms with Crippen molar-refractivity contribution in [1.82, 2.24) is 10.3 Å². The Morgan fingerprint density at radius 3 is 2.90 bits per heavy atom. The van der Waals surface area contributed by atoms with E-state index in [0.717, 1.165) is 24.8 Å². The highest BCUT2D eigenvalue weighted by molar-refractivity contribution is 7.20. The van der Waals surface area contributed by atoms with Gasteiger partial charge in [-0.2, -0.15) is 0 Å². The molecule has 0 spiro atoms. The minimum Gasteiger partial charge on any atom is -0.351 e. The first-order valence-electron chi connectivity index (χ1n) is 6.20. The Labute approximate surface area is 139 Å². The highest BCUT2D eigenvalue weighted by atomic mass is 35.5. The van der Waals surface area contributed by atoms with Gasteiger partial charge in [0, 0.05) is 10.3 Å². The SMILES string of the molecule is O=C(Cc1csc(-c2cccs2)n1)NCc1ccc(Cl)s1. The van der Waals surface area contributed by atoms with Gasteiger partial charge in [-0.3, -0.25) is 4.79 Å². The Morgan fingerprint density at radius 2 is 2.19 bits per heavy atom. The lowest BCUT2D eigenvalue weighted by Crippen LogP contribution is -2.24. The largest absolute Gasteiger partial charge is 0.351 e. The molecule has 0 fully saturated rings. The third kappa shape index (κ3) is 3.91. The smallest absolute Gasteiger partial charge is 0.226 e. The molecule has 0 bridgehead atoms. The Balaban J connectivity index is 1.55. The standard InChI is InChI=1S/C14H11ClN2OS3/c15-12-4-3-10(21-12)7-16-13(18)6-9-8-20-14(17-9)11-2-1-5-19-11/h1-5,8H,6-7H2,(H,16,18). The molecule has 0 aliphatic heterocycles. The van der Waals surface area contributed by atoms with E-state index in [9.17, 15) is 4.79 Å². The van der Waals surface area contributed by atoms with Crippen LogP contribution in [0.25, 0.3) is 9.88 Å². The number of rotatable bonds is 5. The number of thiophene rings is 2. The molecule has 3 aromatic rings. The maximum atomic E-state index is 11.9. The lowest BCUT2D eigenvalue weighted by atomic mass is 10.3. The third-order valence-electron chi connectivity index (χ3n) is 2.71. The second kappa shape index (κ2) is 6.70. The van der Waals surface area contributed by atoms with Crippen molar-refractivity contribution >= 4 is 51.5 Å². The van der Waals surface area contributed by atoms with Crippen molar-refractivity contribution in [3.05, 3.63) is 49.9 Å². The molecule has 0 saturated carbocycles. The Bertz CT molecular complexity index is 733. The van der Waals surface area contributed by atoms with Crippen molar-refractivity contribution < 1.29 is 4.79 Å². The predicted octanol–water partition coefficient (Wildman–Crippen LogP) is 4.45. The summed E-state index contributed by atoms with van der Waals surface area (Å²) in [7, 11) is 0. The number of nitrogens with one attached hydrogen (secondary N) is 1. The number of thiazole rings is 1. The van der Waals surface area contributed by atoms with Crippen molar-refractivity contribution in [3.8, 4) is 9.88 Å². The average Bonchev–Trinajstić information content (AvgIpc) is 3.16. The molecule has 0 saturated heterocycles. The van der Waals surface area contributed by atoms with Crippen molar-refractivity contribution in [3.63, 3.8) is 0 Å². The summed E-state index contributed by atoms with van der Waals surface area (Å²) in [5, 5.41) is 7.82. The second-order valence-corrected chi connectivity index (χ2v) is 7.89. The monoisotopic (exact) mass is 354 g/mol. The number of hydrogen-bond donors (Lipinski definition) is 1. The van der Waals surface area contributed by atoms with Crippen LogP contribution in [0, 0.1) is 0 Å². The molecule has 3 heterocycles. The molecule has 7 heteroatoms. The first-order valence-corrected chi connectivity index (χ1v) is 9.15. The van der Waals surface area contributed by atoms with Gasteiger partial charge in [0.25, 0.3) is 0 Å². The zero-order valence-electron chi connectivity index (χ0n) is 10.8. The molecule has 3 nitrogen and oxygen atoms in total. The van der Waals surface area contributed by atoms with Crippen molar-refractivity contribution in [1.29, 1.82) is 0 Å². The first-order chi connectivity index (χ1) is 10.2. The van der Waals surface area contributed by atoms with E-state index in [1.807, 2.05) is 35.0 Å². The van der Waals surface area contributed by atoms with E-state index in [1.165, 1.54) is 11.3 Å². The summed E-state index contributed by atoms with van der Waals surface area (Å²) >= 11 is 10.6. The fourth-order valence-electron chi connectivity index (χ4n) is 1.76. The molecule has 0 aromatic carbocycles. The van der Waals surface area contributed by atoms with E-state index in [0.29, 0.717) is 13.0 Å². The Kier molecular flexibility index (Phi) is 4.70. The van der Waals surface area contributed by atoms with E-state index in [4.69, 9.17) is 11.6 Å². The highest BCUT2D eigenvalue weighted by Crippen LogP contribution is 2.27. The number of amides is 1. The van der Waals surface area contributed by atoms with Gasteiger partial charge in [-0.15, -0.1) is 34.0 Å². The summed E-state index contributed by atoms with van der Waals surface area (Å²) in [4.78, 5) is 18.6. The number of carbonyl (C=O) groups is 1.